The van der Waals surface area contributed by atoms with E-state index in [1.165, 1.54) is 18.7 Å². The van der Waals surface area contributed by atoms with Crippen LogP contribution in [0.3, 0.4) is 0 Å². The molecule has 2 rings (SSSR count). The maximum absolute atomic E-state index is 6.29. The predicted molar refractivity (Wildman–Crippen MR) is 58.8 cm³/mol. The Morgan fingerprint density at radius 2 is 2.43 bits per heavy atom. The van der Waals surface area contributed by atoms with Crippen LogP contribution in [0.1, 0.15) is 44.3 Å². The van der Waals surface area contributed by atoms with E-state index in [1.807, 2.05) is 6.20 Å². The molecular weight excluding hydrogens is 196 g/mol. The normalized spacial score (nSPS) is 27.0. The summed E-state index contributed by atoms with van der Waals surface area (Å²) in [4.78, 5) is 4.45. The first-order chi connectivity index (χ1) is 6.83. The molecule has 1 aliphatic rings. The van der Waals surface area contributed by atoms with Crippen LogP contribution >= 0.6 is 11.6 Å². The molecule has 1 aromatic rings. The number of hydrogen-bond acceptors (Lipinski definition) is 1. The molecule has 1 aliphatic carbocycles. The lowest BCUT2D eigenvalue weighted by Crippen LogP contribution is -2.12. The van der Waals surface area contributed by atoms with Gasteiger partial charge in [0.25, 0.3) is 0 Å². The van der Waals surface area contributed by atoms with Crippen molar-refractivity contribution < 1.29 is 0 Å². The maximum Gasteiger partial charge on any atom is 0.113 e. The van der Waals surface area contributed by atoms with Gasteiger partial charge in [-0.2, -0.15) is 0 Å². The number of halogens is 1. The maximum atomic E-state index is 6.29. The molecule has 0 aromatic carbocycles. The number of alkyl halides is 1. The quantitative estimate of drug-likeness (QED) is 0.704. The summed E-state index contributed by atoms with van der Waals surface area (Å²) in [6.07, 6.45) is 8.72. The average Bonchev–Trinajstić information content (AvgIpc) is 2.74. The van der Waals surface area contributed by atoms with Gasteiger partial charge in [0, 0.05) is 30.2 Å². The molecule has 0 saturated heterocycles. The van der Waals surface area contributed by atoms with E-state index in [0.29, 0.717) is 11.3 Å². The minimum absolute atomic E-state index is 0.299. The van der Waals surface area contributed by atoms with Gasteiger partial charge >= 0.3 is 0 Å². The fourth-order valence-corrected chi connectivity index (χ4v) is 2.68. The standard InChI is InChI=1S/C11H17ClN2/c1-2-7-14-8-6-13-11(14)9-4-3-5-10(9)12/h6,8-10H,2-5,7H2,1H3. The van der Waals surface area contributed by atoms with Crippen molar-refractivity contribution in [3.8, 4) is 0 Å². The van der Waals surface area contributed by atoms with Gasteiger partial charge in [-0.1, -0.05) is 13.3 Å². The fraction of sp³-hybridized carbons (Fsp3) is 0.727. The Kier molecular flexibility index (Phi) is 3.12. The number of hydrogen-bond donors (Lipinski definition) is 0. The van der Waals surface area contributed by atoms with Crippen LogP contribution in [0.4, 0.5) is 0 Å². The topological polar surface area (TPSA) is 17.8 Å². The van der Waals surface area contributed by atoms with Crippen LogP contribution in [-0.2, 0) is 6.54 Å². The second kappa shape index (κ2) is 4.35. The van der Waals surface area contributed by atoms with E-state index in [-0.39, 0.29) is 0 Å². The Balaban J connectivity index is 2.17. The number of aryl methyl sites for hydroxylation is 1. The Morgan fingerprint density at radius 3 is 3.07 bits per heavy atom. The monoisotopic (exact) mass is 212 g/mol. The predicted octanol–water partition coefficient (Wildman–Crippen LogP) is 3.17. The minimum atomic E-state index is 0.299. The largest absolute Gasteiger partial charge is 0.335 e. The number of aromatic nitrogens is 2. The third-order valence-corrected chi connectivity index (χ3v) is 3.50. The van der Waals surface area contributed by atoms with Crippen LogP contribution in [0.15, 0.2) is 12.4 Å². The summed E-state index contributed by atoms with van der Waals surface area (Å²) in [5, 5.41) is 0.299. The first-order valence-corrected chi connectivity index (χ1v) is 5.91. The van der Waals surface area contributed by atoms with E-state index in [9.17, 15) is 0 Å². The van der Waals surface area contributed by atoms with Crippen molar-refractivity contribution in [2.75, 3.05) is 0 Å². The smallest absolute Gasteiger partial charge is 0.113 e. The molecular formula is C11H17ClN2. The summed E-state index contributed by atoms with van der Waals surface area (Å²) in [6.45, 7) is 3.26. The Labute approximate surface area is 90.3 Å². The lowest BCUT2D eigenvalue weighted by molar-refractivity contribution is 0.577. The Bertz CT molecular complexity index is 295. The molecule has 1 heterocycles. The van der Waals surface area contributed by atoms with E-state index in [1.54, 1.807) is 0 Å². The van der Waals surface area contributed by atoms with Crippen molar-refractivity contribution in [2.24, 2.45) is 0 Å². The summed E-state index contributed by atoms with van der Waals surface area (Å²) in [5.74, 6) is 1.68. The molecule has 78 valence electrons. The lowest BCUT2D eigenvalue weighted by Gasteiger charge is -2.15. The zero-order chi connectivity index (χ0) is 9.97. The third-order valence-electron chi connectivity index (χ3n) is 2.98. The highest BCUT2D eigenvalue weighted by molar-refractivity contribution is 6.21. The summed E-state index contributed by atoms with van der Waals surface area (Å²) in [7, 11) is 0. The zero-order valence-electron chi connectivity index (χ0n) is 8.62. The van der Waals surface area contributed by atoms with Gasteiger partial charge in [0.1, 0.15) is 5.82 Å². The van der Waals surface area contributed by atoms with E-state index < -0.39 is 0 Å². The third kappa shape index (κ3) is 1.81. The zero-order valence-corrected chi connectivity index (χ0v) is 9.37. The molecule has 1 aromatic heterocycles. The Morgan fingerprint density at radius 1 is 1.57 bits per heavy atom. The summed E-state index contributed by atoms with van der Waals surface area (Å²) < 4.78 is 2.26. The molecule has 0 aliphatic heterocycles. The van der Waals surface area contributed by atoms with E-state index >= 15 is 0 Å². The molecule has 2 unspecified atom stereocenters. The highest BCUT2D eigenvalue weighted by atomic mass is 35.5. The molecule has 2 atom stereocenters. The van der Waals surface area contributed by atoms with Gasteiger partial charge in [-0.3, -0.25) is 0 Å². The van der Waals surface area contributed by atoms with Crippen molar-refractivity contribution >= 4 is 11.6 Å². The minimum Gasteiger partial charge on any atom is -0.335 e. The molecule has 0 bridgehead atoms. The van der Waals surface area contributed by atoms with Crippen molar-refractivity contribution in [3.63, 3.8) is 0 Å². The first kappa shape index (κ1) is 10.0. The van der Waals surface area contributed by atoms with Gasteiger partial charge in [0.05, 0.1) is 0 Å². The van der Waals surface area contributed by atoms with Crippen LogP contribution in [-0.4, -0.2) is 14.9 Å². The lowest BCUT2D eigenvalue weighted by atomic mass is 10.1. The molecule has 0 amide bonds. The van der Waals surface area contributed by atoms with Crippen molar-refractivity contribution in [1.82, 2.24) is 9.55 Å². The molecule has 0 spiro atoms. The van der Waals surface area contributed by atoms with Gasteiger partial charge in [-0.25, -0.2) is 4.98 Å². The highest BCUT2D eigenvalue weighted by Crippen LogP contribution is 2.37. The van der Waals surface area contributed by atoms with Crippen LogP contribution in [0.25, 0.3) is 0 Å². The number of imidazole rings is 1. The second-order valence-corrected chi connectivity index (χ2v) is 4.59. The van der Waals surface area contributed by atoms with Crippen molar-refractivity contribution in [2.45, 2.75) is 50.4 Å². The van der Waals surface area contributed by atoms with Crippen molar-refractivity contribution in [1.29, 1.82) is 0 Å². The molecule has 2 nitrogen and oxygen atoms in total. The molecule has 0 N–H and O–H groups in total. The number of rotatable bonds is 3. The SMILES string of the molecule is CCCn1ccnc1C1CCCC1Cl. The highest BCUT2D eigenvalue weighted by Gasteiger charge is 2.29. The van der Waals surface area contributed by atoms with E-state index in [4.69, 9.17) is 11.6 Å². The van der Waals surface area contributed by atoms with Crippen LogP contribution in [0.2, 0.25) is 0 Å². The average molecular weight is 213 g/mol. The molecule has 14 heavy (non-hydrogen) atoms. The van der Waals surface area contributed by atoms with Gasteiger partial charge < -0.3 is 4.57 Å². The molecule has 3 heteroatoms. The van der Waals surface area contributed by atoms with Gasteiger partial charge in [0.15, 0.2) is 0 Å². The van der Waals surface area contributed by atoms with Crippen LogP contribution < -0.4 is 0 Å². The van der Waals surface area contributed by atoms with E-state index in [0.717, 1.165) is 19.4 Å². The van der Waals surface area contributed by atoms with E-state index in [2.05, 4.69) is 22.7 Å². The first-order valence-electron chi connectivity index (χ1n) is 5.48. The number of nitrogens with zero attached hydrogens (tertiary/aromatic N) is 2. The molecule has 0 radical (unpaired) electrons. The Hall–Kier alpha value is -0.500. The molecule has 1 saturated carbocycles. The van der Waals surface area contributed by atoms with Crippen molar-refractivity contribution in [3.05, 3.63) is 18.2 Å². The summed E-state index contributed by atoms with van der Waals surface area (Å²) >= 11 is 6.29. The van der Waals surface area contributed by atoms with Crippen LogP contribution in [0.5, 0.6) is 0 Å². The van der Waals surface area contributed by atoms with Crippen LogP contribution in [0, 0.1) is 0 Å². The fourth-order valence-electron chi connectivity index (χ4n) is 2.29. The second-order valence-electron chi connectivity index (χ2n) is 4.03. The molecule has 1 fully saturated rings. The summed E-state index contributed by atoms with van der Waals surface area (Å²) in [5.41, 5.74) is 0. The van der Waals surface area contributed by atoms with Gasteiger partial charge in [-0.15, -0.1) is 11.6 Å². The van der Waals surface area contributed by atoms with Gasteiger partial charge in [0.2, 0.25) is 0 Å². The van der Waals surface area contributed by atoms with Gasteiger partial charge in [-0.05, 0) is 19.3 Å². The summed E-state index contributed by atoms with van der Waals surface area (Å²) in [6, 6.07) is 0.